The Kier molecular flexibility index (Phi) is 3.94. The van der Waals surface area contributed by atoms with Gasteiger partial charge in [-0.3, -0.25) is 4.99 Å². The van der Waals surface area contributed by atoms with Gasteiger partial charge in [0.2, 0.25) is 0 Å². The van der Waals surface area contributed by atoms with E-state index in [1.54, 1.807) is 18.3 Å². The molecule has 6 heteroatoms. The normalized spacial score (nSPS) is 15.9. The summed E-state index contributed by atoms with van der Waals surface area (Å²) in [6.45, 7) is 1.77. The van der Waals surface area contributed by atoms with Crippen molar-refractivity contribution in [2.45, 2.75) is 19.0 Å². The number of thioether (sulfide) groups is 1. The number of benzene rings is 1. The molecule has 0 aromatic heterocycles. The van der Waals surface area contributed by atoms with Crippen LogP contribution in [-0.4, -0.2) is 10.8 Å². The molecule has 1 aliphatic rings. The van der Waals surface area contributed by atoms with Gasteiger partial charge in [0, 0.05) is 5.75 Å². The highest BCUT2D eigenvalue weighted by molar-refractivity contribution is 8.14. The van der Waals surface area contributed by atoms with Crippen LogP contribution < -0.4 is 0 Å². The summed E-state index contributed by atoms with van der Waals surface area (Å²) in [5.74, 6) is -0.417. The summed E-state index contributed by atoms with van der Waals surface area (Å²) in [6.07, 6.45) is -3.62. The van der Waals surface area contributed by atoms with Gasteiger partial charge in [-0.1, -0.05) is 6.07 Å². The standard InChI is InChI=1S/C12H10F4NS/c13-10-3-1-8(7-9(10)12(14,15)16)2-4-11-17-5-6-18-11/h1,3,5,7H,2,4,6H2. The van der Waals surface area contributed by atoms with Crippen LogP contribution in [0.25, 0.3) is 0 Å². The van der Waals surface area contributed by atoms with E-state index >= 15 is 0 Å². The van der Waals surface area contributed by atoms with E-state index in [2.05, 4.69) is 4.99 Å². The molecule has 18 heavy (non-hydrogen) atoms. The Labute approximate surface area is 106 Å². The van der Waals surface area contributed by atoms with Crippen molar-refractivity contribution < 1.29 is 17.6 Å². The first-order chi connectivity index (χ1) is 8.47. The molecule has 0 aliphatic carbocycles. The molecule has 1 aliphatic heterocycles. The van der Waals surface area contributed by atoms with Gasteiger partial charge in [-0.2, -0.15) is 13.2 Å². The van der Waals surface area contributed by atoms with Crippen molar-refractivity contribution >= 4 is 16.8 Å². The van der Waals surface area contributed by atoms with Crippen LogP contribution in [0.4, 0.5) is 17.6 Å². The van der Waals surface area contributed by atoms with E-state index in [0.717, 1.165) is 22.9 Å². The Balaban J connectivity index is 2.09. The first-order valence-corrected chi connectivity index (χ1v) is 6.32. The van der Waals surface area contributed by atoms with Crippen molar-refractivity contribution in [2.24, 2.45) is 4.99 Å². The van der Waals surface area contributed by atoms with E-state index in [1.807, 2.05) is 0 Å². The van der Waals surface area contributed by atoms with Gasteiger partial charge in [0.25, 0.3) is 0 Å². The number of halogens is 4. The highest BCUT2D eigenvalue weighted by atomic mass is 32.2. The zero-order chi connectivity index (χ0) is 13.2. The second kappa shape index (κ2) is 5.30. The molecule has 0 saturated carbocycles. The quantitative estimate of drug-likeness (QED) is 0.758. The topological polar surface area (TPSA) is 12.4 Å². The molecule has 0 saturated heterocycles. The van der Waals surface area contributed by atoms with Crippen molar-refractivity contribution in [3.63, 3.8) is 0 Å². The van der Waals surface area contributed by atoms with Gasteiger partial charge in [0.05, 0.1) is 17.2 Å². The lowest BCUT2D eigenvalue weighted by atomic mass is 10.1. The van der Waals surface area contributed by atoms with E-state index < -0.39 is 17.6 Å². The number of alkyl halides is 3. The average Bonchev–Trinajstić information content (AvgIpc) is 2.79. The van der Waals surface area contributed by atoms with Gasteiger partial charge in [-0.15, -0.1) is 11.8 Å². The molecule has 1 aromatic rings. The Hall–Kier alpha value is -1.04. The van der Waals surface area contributed by atoms with E-state index in [0.29, 0.717) is 18.4 Å². The van der Waals surface area contributed by atoms with Crippen LogP contribution in [0.3, 0.4) is 0 Å². The maximum Gasteiger partial charge on any atom is 0.419 e. The molecule has 1 radical (unpaired) electrons. The van der Waals surface area contributed by atoms with Gasteiger partial charge >= 0.3 is 6.18 Å². The third-order valence-corrected chi connectivity index (χ3v) is 3.48. The highest BCUT2D eigenvalue weighted by Crippen LogP contribution is 2.32. The third-order valence-electron chi connectivity index (χ3n) is 2.52. The van der Waals surface area contributed by atoms with Crippen LogP contribution in [0.2, 0.25) is 0 Å². The summed E-state index contributed by atoms with van der Waals surface area (Å²) in [5.41, 5.74) is -0.730. The molecule has 0 unspecified atom stereocenters. The Morgan fingerprint density at radius 2 is 2.00 bits per heavy atom. The smallest absolute Gasteiger partial charge is 0.276 e. The first-order valence-electron chi connectivity index (χ1n) is 5.33. The Morgan fingerprint density at radius 1 is 1.22 bits per heavy atom. The molecule has 0 atom stereocenters. The number of rotatable bonds is 3. The minimum absolute atomic E-state index is 0.434. The molecular formula is C12H10F4NS. The number of hydrogen-bond donors (Lipinski definition) is 0. The summed E-state index contributed by atoms with van der Waals surface area (Å²) in [7, 11) is 0. The van der Waals surface area contributed by atoms with Crippen molar-refractivity contribution in [1.29, 1.82) is 0 Å². The SMILES string of the molecule is Fc1ccc(CCC2=N[CH]CS2)cc1C(F)(F)F. The maximum atomic E-state index is 13.1. The number of aliphatic imine (C=N–C) groups is 1. The molecule has 1 nitrogen and oxygen atoms in total. The zero-order valence-electron chi connectivity index (χ0n) is 9.30. The average molecular weight is 276 g/mol. The van der Waals surface area contributed by atoms with Crippen molar-refractivity contribution in [1.82, 2.24) is 0 Å². The summed E-state index contributed by atoms with van der Waals surface area (Å²) in [6, 6.07) is 3.13. The predicted octanol–water partition coefficient (Wildman–Crippen LogP) is 4.08. The fraction of sp³-hybridized carbons (Fsp3) is 0.333. The lowest BCUT2D eigenvalue weighted by Crippen LogP contribution is -2.09. The van der Waals surface area contributed by atoms with Crippen LogP contribution in [0, 0.1) is 12.4 Å². The maximum absolute atomic E-state index is 13.1. The number of hydrogen-bond acceptors (Lipinski definition) is 2. The lowest BCUT2D eigenvalue weighted by Gasteiger charge is -2.10. The fourth-order valence-corrected chi connectivity index (χ4v) is 2.38. The van der Waals surface area contributed by atoms with Gasteiger partial charge in [-0.25, -0.2) is 4.39 Å². The molecule has 97 valence electrons. The van der Waals surface area contributed by atoms with Crippen molar-refractivity contribution in [3.8, 4) is 0 Å². The number of nitrogens with zero attached hydrogens (tertiary/aromatic N) is 1. The molecule has 1 heterocycles. The van der Waals surface area contributed by atoms with Crippen LogP contribution in [0.15, 0.2) is 23.2 Å². The van der Waals surface area contributed by atoms with Gasteiger partial charge in [-0.05, 0) is 30.5 Å². The molecule has 2 rings (SSSR count). The van der Waals surface area contributed by atoms with Crippen LogP contribution in [-0.2, 0) is 12.6 Å². The molecule has 0 fully saturated rings. The lowest BCUT2D eigenvalue weighted by molar-refractivity contribution is -0.140. The minimum atomic E-state index is -4.65. The van der Waals surface area contributed by atoms with Gasteiger partial charge < -0.3 is 0 Å². The summed E-state index contributed by atoms with van der Waals surface area (Å²) < 4.78 is 50.5. The second-order valence-electron chi connectivity index (χ2n) is 3.83. The third kappa shape index (κ3) is 3.25. The molecule has 0 N–H and O–H groups in total. The predicted molar refractivity (Wildman–Crippen MR) is 63.9 cm³/mol. The molecule has 0 amide bonds. The van der Waals surface area contributed by atoms with E-state index in [9.17, 15) is 17.6 Å². The van der Waals surface area contributed by atoms with E-state index in [-0.39, 0.29) is 0 Å². The molecular weight excluding hydrogens is 266 g/mol. The fourth-order valence-electron chi connectivity index (χ4n) is 1.64. The Morgan fingerprint density at radius 3 is 2.61 bits per heavy atom. The van der Waals surface area contributed by atoms with Crippen LogP contribution >= 0.6 is 11.8 Å². The molecule has 0 bridgehead atoms. The monoisotopic (exact) mass is 276 g/mol. The zero-order valence-corrected chi connectivity index (χ0v) is 10.1. The van der Waals surface area contributed by atoms with Gasteiger partial charge in [0.1, 0.15) is 5.82 Å². The van der Waals surface area contributed by atoms with Crippen molar-refractivity contribution in [2.75, 3.05) is 5.75 Å². The highest BCUT2D eigenvalue weighted by Gasteiger charge is 2.34. The summed E-state index contributed by atoms with van der Waals surface area (Å²) >= 11 is 1.57. The Bertz CT molecular complexity index is 468. The van der Waals surface area contributed by atoms with E-state index in [4.69, 9.17) is 0 Å². The van der Waals surface area contributed by atoms with Crippen molar-refractivity contribution in [3.05, 3.63) is 41.7 Å². The van der Waals surface area contributed by atoms with Crippen LogP contribution in [0.5, 0.6) is 0 Å². The minimum Gasteiger partial charge on any atom is -0.276 e. The van der Waals surface area contributed by atoms with Crippen LogP contribution in [0.1, 0.15) is 17.5 Å². The summed E-state index contributed by atoms with van der Waals surface area (Å²) in [5, 5.41) is 0.910. The first kappa shape index (κ1) is 13.4. The molecule has 1 aromatic carbocycles. The second-order valence-corrected chi connectivity index (χ2v) is 4.92. The van der Waals surface area contributed by atoms with Gasteiger partial charge in [0.15, 0.2) is 0 Å². The largest absolute Gasteiger partial charge is 0.419 e. The number of aryl methyl sites for hydroxylation is 1. The van der Waals surface area contributed by atoms with E-state index in [1.165, 1.54) is 6.07 Å². The molecule has 0 spiro atoms. The summed E-state index contributed by atoms with van der Waals surface area (Å²) in [4.78, 5) is 4.10.